The number of hydrogen-bond donors (Lipinski definition) is 1. The molecule has 0 unspecified atom stereocenters. The minimum absolute atomic E-state index is 0.173. The first-order valence-corrected chi connectivity index (χ1v) is 10.6. The van der Waals surface area contributed by atoms with Crippen molar-refractivity contribution in [2.75, 3.05) is 26.2 Å². The summed E-state index contributed by atoms with van der Waals surface area (Å²) >= 11 is 0. The summed E-state index contributed by atoms with van der Waals surface area (Å²) in [7, 11) is 0. The standard InChI is InChI=1S/C22H33N3O/c26-22(23-20-9-5-2-6-10-20)25-16-21(17-25)24-13-11-19(12-14-24)15-18-7-3-1-4-8-18/h1,3-4,7-8,19-21H,2,5-6,9-17H2,(H,23,26). The molecular formula is C22H33N3O. The minimum Gasteiger partial charge on any atom is -0.335 e. The summed E-state index contributed by atoms with van der Waals surface area (Å²) in [5.41, 5.74) is 1.47. The number of likely N-dealkylation sites (tertiary alicyclic amines) is 2. The number of piperidine rings is 1. The molecule has 2 saturated heterocycles. The van der Waals surface area contributed by atoms with E-state index in [-0.39, 0.29) is 6.03 Å². The Morgan fingerprint density at radius 2 is 1.65 bits per heavy atom. The monoisotopic (exact) mass is 355 g/mol. The summed E-state index contributed by atoms with van der Waals surface area (Å²) in [6.07, 6.45) is 10.00. The van der Waals surface area contributed by atoms with Gasteiger partial charge in [-0.15, -0.1) is 0 Å². The molecule has 4 nitrogen and oxygen atoms in total. The maximum Gasteiger partial charge on any atom is 0.317 e. The van der Waals surface area contributed by atoms with Crippen molar-refractivity contribution in [3.8, 4) is 0 Å². The van der Waals surface area contributed by atoms with Gasteiger partial charge in [-0.2, -0.15) is 0 Å². The van der Waals surface area contributed by atoms with Gasteiger partial charge in [0.25, 0.3) is 0 Å². The normalized spacial score (nSPS) is 23.6. The fourth-order valence-electron chi connectivity index (χ4n) is 4.83. The van der Waals surface area contributed by atoms with Gasteiger partial charge in [-0.05, 0) is 56.7 Å². The third-order valence-electron chi connectivity index (χ3n) is 6.61. The minimum atomic E-state index is 0.173. The van der Waals surface area contributed by atoms with Crippen LogP contribution < -0.4 is 5.32 Å². The molecule has 0 radical (unpaired) electrons. The van der Waals surface area contributed by atoms with Crippen LogP contribution in [-0.4, -0.2) is 54.1 Å². The van der Waals surface area contributed by atoms with Crippen LogP contribution in [0.3, 0.4) is 0 Å². The van der Waals surface area contributed by atoms with E-state index in [1.54, 1.807) is 0 Å². The molecule has 3 fully saturated rings. The predicted octanol–water partition coefficient (Wildman–Crippen LogP) is 3.67. The third-order valence-corrected chi connectivity index (χ3v) is 6.61. The number of rotatable bonds is 4. The first-order chi connectivity index (χ1) is 12.8. The van der Waals surface area contributed by atoms with Crippen LogP contribution in [-0.2, 0) is 6.42 Å². The Morgan fingerprint density at radius 3 is 2.35 bits per heavy atom. The summed E-state index contributed by atoms with van der Waals surface area (Å²) in [6.45, 7) is 4.23. The van der Waals surface area contributed by atoms with Crippen LogP contribution >= 0.6 is 0 Å². The van der Waals surface area contributed by atoms with Crippen molar-refractivity contribution in [3.63, 3.8) is 0 Å². The second-order valence-electron chi connectivity index (χ2n) is 8.51. The molecule has 0 atom stereocenters. The predicted molar refractivity (Wildman–Crippen MR) is 105 cm³/mol. The van der Waals surface area contributed by atoms with Crippen molar-refractivity contribution in [1.29, 1.82) is 0 Å². The summed E-state index contributed by atoms with van der Waals surface area (Å²) in [5, 5.41) is 3.25. The molecule has 2 heterocycles. The van der Waals surface area contributed by atoms with Crippen molar-refractivity contribution >= 4 is 6.03 Å². The molecule has 2 amide bonds. The van der Waals surface area contributed by atoms with Gasteiger partial charge in [0.2, 0.25) is 0 Å². The molecule has 1 aromatic rings. The third kappa shape index (κ3) is 4.40. The Morgan fingerprint density at radius 1 is 0.962 bits per heavy atom. The van der Waals surface area contributed by atoms with Crippen LogP contribution in [0, 0.1) is 5.92 Å². The lowest BCUT2D eigenvalue weighted by atomic mass is 9.89. The van der Waals surface area contributed by atoms with Crippen LogP contribution in [0.1, 0.15) is 50.5 Å². The second-order valence-corrected chi connectivity index (χ2v) is 8.51. The number of nitrogens with one attached hydrogen (secondary N) is 1. The molecule has 1 aromatic carbocycles. The second kappa shape index (κ2) is 8.43. The van der Waals surface area contributed by atoms with Gasteiger partial charge < -0.3 is 10.2 Å². The maximum atomic E-state index is 12.4. The molecule has 2 aliphatic heterocycles. The zero-order chi connectivity index (χ0) is 17.8. The number of benzene rings is 1. The highest BCUT2D eigenvalue weighted by Crippen LogP contribution is 2.26. The molecule has 26 heavy (non-hydrogen) atoms. The molecule has 0 aromatic heterocycles. The number of nitrogens with zero attached hydrogens (tertiary/aromatic N) is 2. The van der Waals surface area contributed by atoms with Gasteiger partial charge >= 0.3 is 6.03 Å². The Balaban J connectivity index is 1.15. The SMILES string of the molecule is O=C(NC1CCCCC1)N1CC(N2CCC(Cc3ccccc3)CC2)C1. The molecule has 1 N–H and O–H groups in total. The molecule has 1 aliphatic carbocycles. The topological polar surface area (TPSA) is 35.6 Å². The van der Waals surface area contributed by atoms with Crippen LogP contribution in [0.15, 0.2) is 30.3 Å². The van der Waals surface area contributed by atoms with Crippen LogP contribution in [0.4, 0.5) is 4.79 Å². The molecule has 0 spiro atoms. The lowest BCUT2D eigenvalue weighted by molar-refractivity contribution is 0.0336. The Bertz CT molecular complexity index is 570. The van der Waals surface area contributed by atoms with Crippen molar-refractivity contribution in [3.05, 3.63) is 35.9 Å². The smallest absolute Gasteiger partial charge is 0.317 e. The number of urea groups is 1. The Hall–Kier alpha value is -1.55. The van der Waals surface area contributed by atoms with E-state index in [9.17, 15) is 4.79 Å². The quantitative estimate of drug-likeness (QED) is 0.894. The van der Waals surface area contributed by atoms with Gasteiger partial charge in [0.15, 0.2) is 0 Å². The van der Waals surface area contributed by atoms with Crippen LogP contribution in [0.2, 0.25) is 0 Å². The number of carbonyl (C=O) groups excluding carboxylic acids is 1. The van der Waals surface area contributed by atoms with E-state index >= 15 is 0 Å². The average Bonchev–Trinajstić information content (AvgIpc) is 2.64. The first-order valence-electron chi connectivity index (χ1n) is 10.6. The first kappa shape index (κ1) is 17.8. The van der Waals surface area contributed by atoms with Gasteiger partial charge in [0, 0.05) is 25.2 Å². The van der Waals surface area contributed by atoms with Gasteiger partial charge in [0.05, 0.1) is 0 Å². The lowest BCUT2D eigenvalue weighted by Gasteiger charge is -2.47. The molecule has 4 heteroatoms. The zero-order valence-electron chi connectivity index (χ0n) is 15.9. The van der Waals surface area contributed by atoms with E-state index in [0.29, 0.717) is 12.1 Å². The van der Waals surface area contributed by atoms with E-state index in [4.69, 9.17) is 0 Å². The van der Waals surface area contributed by atoms with Crippen molar-refractivity contribution in [2.45, 2.75) is 63.5 Å². The fourth-order valence-corrected chi connectivity index (χ4v) is 4.83. The summed E-state index contributed by atoms with van der Waals surface area (Å²) in [5.74, 6) is 0.819. The van der Waals surface area contributed by atoms with Crippen molar-refractivity contribution in [1.82, 2.24) is 15.1 Å². The van der Waals surface area contributed by atoms with Gasteiger partial charge in [-0.1, -0.05) is 49.6 Å². The number of carbonyl (C=O) groups is 1. The Labute approximate surface area is 157 Å². The highest BCUT2D eigenvalue weighted by Gasteiger charge is 2.36. The van der Waals surface area contributed by atoms with Crippen molar-refractivity contribution in [2.24, 2.45) is 5.92 Å². The van der Waals surface area contributed by atoms with E-state index < -0.39 is 0 Å². The largest absolute Gasteiger partial charge is 0.335 e. The molecule has 3 aliphatic rings. The van der Waals surface area contributed by atoms with E-state index in [2.05, 4.69) is 40.5 Å². The van der Waals surface area contributed by atoms with Gasteiger partial charge in [-0.25, -0.2) is 4.79 Å². The average molecular weight is 356 g/mol. The molecule has 1 saturated carbocycles. The van der Waals surface area contributed by atoms with E-state index in [1.807, 2.05) is 4.90 Å². The summed E-state index contributed by atoms with van der Waals surface area (Å²) in [4.78, 5) is 17.0. The van der Waals surface area contributed by atoms with Gasteiger partial charge in [-0.3, -0.25) is 4.90 Å². The van der Waals surface area contributed by atoms with Gasteiger partial charge in [0.1, 0.15) is 0 Å². The Kier molecular flexibility index (Phi) is 5.78. The fraction of sp³-hybridized carbons (Fsp3) is 0.682. The zero-order valence-corrected chi connectivity index (χ0v) is 15.9. The summed E-state index contributed by atoms with van der Waals surface area (Å²) in [6, 6.07) is 12.1. The molecule has 0 bridgehead atoms. The van der Waals surface area contributed by atoms with Crippen LogP contribution in [0.25, 0.3) is 0 Å². The molecular weight excluding hydrogens is 322 g/mol. The van der Waals surface area contributed by atoms with E-state index in [1.165, 1.54) is 57.2 Å². The number of hydrogen-bond acceptors (Lipinski definition) is 2. The number of amides is 2. The summed E-state index contributed by atoms with van der Waals surface area (Å²) < 4.78 is 0. The van der Waals surface area contributed by atoms with E-state index in [0.717, 1.165) is 31.8 Å². The highest BCUT2D eigenvalue weighted by molar-refractivity contribution is 5.75. The molecule has 4 rings (SSSR count). The highest BCUT2D eigenvalue weighted by atomic mass is 16.2. The molecule has 142 valence electrons. The van der Waals surface area contributed by atoms with Crippen molar-refractivity contribution < 1.29 is 4.79 Å². The maximum absolute atomic E-state index is 12.4. The van der Waals surface area contributed by atoms with Crippen LogP contribution in [0.5, 0.6) is 0 Å². The lowest BCUT2D eigenvalue weighted by Crippen LogP contribution is -2.64.